The van der Waals surface area contributed by atoms with Crippen LogP contribution in [0.2, 0.25) is 0 Å². The summed E-state index contributed by atoms with van der Waals surface area (Å²) in [6.45, 7) is 0.527. The average molecular weight is 380 g/mol. The van der Waals surface area contributed by atoms with Gasteiger partial charge in [0.15, 0.2) is 0 Å². The molecule has 1 amide bonds. The number of nitrogens with one attached hydrogen (secondary N) is 2. The van der Waals surface area contributed by atoms with Crippen molar-refractivity contribution < 1.29 is 4.79 Å². The van der Waals surface area contributed by atoms with Crippen LogP contribution in [0.3, 0.4) is 0 Å². The van der Waals surface area contributed by atoms with Crippen LogP contribution in [0.1, 0.15) is 17.2 Å². The van der Waals surface area contributed by atoms with Gasteiger partial charge in [0.25, 0.3) is 0 Å². The predicted molar refractivity (Wildman–Crippen MR) is 86.1 cm³/mol. The summed E-state index contributed by atoms with van der Waals surface area (Å²) in [6, 6.07) is 1.62. The SMILES string of the molecule is CNC(C(=O)NCc1csc(Br)c1)c1cnn(C)c1.Cl. The zero-order valence-corrected chi connectivity index (χ0v) is 14.3. The van der Waals surface area contributed by atoms with Gasteiger partial charge < -0.3 is 10.6 Å². The van der Waals surface area contributed by atoms with Gasteiger partial charge in [0, 0.05) is 25.4 Å². The van der Waals surface area contributed by atoms with E-state index in [4.69, 9.17) is 0 Å². The van der Waals surface area contributed by atoms with E-state index in [9.17, 15) is 4.79 Å². The number of halogens is 2. The fourth-order valence-corrected chi connectivity index (χ4v) is 2.98. The highest BCUT2D eigenvalue weighted by Crippen LogP contribution is 2.20. The summed E-state index contributed by atoms with van der Waals surface area (Å²) in [5, 5.41) is 12.0. The minimum atomic E-state index is -0.379. The molecule has 5 nitrogen and oxygen atoms in total. The second kappa shape index (κ2) is 7.78. The van der Waals surface area contributed by atoms with Gasteiger partial charge in [-0.1, -0.05) is 0 Å². The van der Waals surface area contributed by atoms with Crippen LogP contribution < -0.4 is 10.6 Å². The molecule has 20 heavy (non-hydrogen) atoms. The summed E-state index contributed by atoms with van der Waals surface area (Å²) < 4.78 is 2.75. The molecule has 0 aliphatic rings. The van der Waals surface area contributed by atoms with E-state index in [1.165, 1.54) is 0 Å². The highest BCUT2D eigenvalue weighted by molar-refractivity contribution is 9.11. The number of aromatic nitrogens is 2. The third kappa shape index (κ3) is 4.31. The van der Waals surface area contributed by atoms with E-state index in [0.29, 0.717) is 6.54 Å². The number of amides is 1. The largest absolute Gasteiger partial charge is 0.350 e. The zero-order chi connectivity index (χ0) is 13.8. The molecule has 1 atom stereocenters. The monoisotopic (exact) mass is 378 g/mol. The molecule has 2 aromatic heterocycles. The van der Waals surface area contributed by atoms with Crippen molar-refractivity contribution in [2.45, 2.75) is 12.6 Å². The van der Waals surface area contributed by atoms with Crippen LogP contribution >= 0.6 is 39.7 Å². The van der Waals surface area contributed by atoms with Crippen molar-refractivity contribution in [3.63, 3.8) is 0 Å². The predicted octanol–water partition coefficient (Wildman–Crippen LogP) is 2.24. The number of likely N-dealkylation sites (N-methyl/N-ethyl adjacent to an activating group) is 1. The van der Waals surface area contributed by atoms with Gasteiger partial charge in [-0.3, -0.25) is 9.48 Å². The first-order chi connectivity index (χ1) is 9.10. The number of aryl methyl sites for hydroxylation is 1. The third-order valence-corrected chi connectivity index (χ3v) is 4.25. The van der Waals surface area contributed by atoms with Crippen LogP contribution in [0, 0.1) is 0 Å². The molecule has 2 rings (SSSR count). The molecule has 0 aliphatic heterocycles. The van der Waals surface area contributed by atoms with Gasteiger partial charge in [0.1, 0.15) is 6.04 Å². The number of hydrogen-bond acceptors (Lipinski definition) is 4. The molecule has 0 saturated carbocycles. The van der Waals surface area contributed by atoms with E-state index >= 15 is 0 Å². The lowest BCUT2D eigenvalue weighted by atomic mass is 10.1. The van der Waals surface area contributed by atoms with Gasteiger partial charge in [0.2, 0.25) is 5.91 Å². The summed E-state index contributed by atoms with van der Waals surface area (Å²) in [7, 11) is 3.59. The quantitative estimate of drug-likeness (QED) is 0.837. The Morgan fingerprint density at radius 1 is 1.60 bits per heavy atom. The van der Waals surface area contributed by atoms with Crippen molar-refractivity contribution in [2.24, 2.45) is 7.05 Å². The minimum absolute atomic E-state index is 0. The lowest BCUT2D eigenvalue weighted by Crippen LogP contribution is -2.35. The number of carbonyl (C=O) groups is 1. The van der Waals surface area contributed by atoms with Gasteiger partial charge in [-0.15, -0.1) is 23.7 Å². The molecule has 0 aromatic carbocycles. The van der Waals surface area contributed by atoms with E-state index in [1.54, 1.807) is 29.3 Å². The third-order valence-electron chi connectivity index (χ3n) is 2.70. The minimum Gasteiger partial charge on any atom is -0.350 e. The van der Waals surface area contributed by atoms with Crippen LogP contribution in [-0.2, 0) is 18.4 Å². The highest BCUT2D eigenvalue weighted by Gasteiger charge is 2.19. The first-order valence-corrected chi connectivity index (χ1v) is 7.44. The maximum atomic E-state index is 12.1. The summed E-state index contributed by atoms with van der Waals surface area (Å²) in [6.07, 6.45) is 3.53. The number of thiophene rings is 1. The molecule has 2 heterocycles. The first kappa shape index (κ1) is 17.2. The van der Waals surface area contributed by atoms with Gasteiger partial charge in [-0.2, -0.15) is 5.10 Å². The zero-order valence-electron chi connectivity index (χ0n) is 11.1. The first-order valence-electron chi connectivity index (χ1n) is 5.76. The Morgan fingerprint density at radius 3 is 2.85 bits per heavy atom. The van der Waals surface area contributed by atoms with Crippen LogP contribution in [0.5, 0.6) is 0 Å². The molecular formula is C12H16BrClN4OS. The van der Waals surface area contributed by atoms with Crippen molar-refractivity contribution in [3.05, 3.63) is 38.8 Å². The van der Waals surface area contributed by atoms with Crippen molar-refractivity contribution in [2.75, 3.05) is 7.05 Å². The standard InChI is InChI=1S/C12H15BrN4OS.ClH/c1-14-11(9-5-16-17(2)6-9)12(18)15-4-8-3-10(13)19-7-8;/h3,5-7,11,14H,4H2,1-2H3,(H,15,18);1H. The topological polar surface area (TPSA) is 59.0 Å². The van der Waals surface area contributed by atoms with Crippen LogP contribution in [0.15, 0.2) is 27.6 Å². The Morgan fingerprint density at radius 2 is 2.35 bits per heavy atom. The van der Waals surface area contributed by atoms with Crippen molar-refractivity contribution in [1.29, 1.82) is 0 Å². The molecule has 0 aliphatic carbocycles. The fraction of sp³-hybridized carbons (Fsp3) is 0.333. The van der Waals surface area contributed by atoms with Gasteiger partial charge in [0.05, 0.1) is 9.98 Å². The van der Waals surface area contributed by atoms with Crippen molar-refractivity contribution in [1.82, 2.24) is 20.4 Å². The van der Waals surface area contributed by atoms with E-state index in [-0.39, 0.29) is 24.4 Å². The summed E-state index contributed by atoms with van der Waals surface area (Å²) in [5.74, 6) is -0.0576. The van der Waals surface area contributed by atoms with Crippen molar-refractivity contribution in [3.8, 4) is 0 Å². The Balaban J connectivity index is 0.00000200. The number of rotatable bonds is 5. The number of nitrogens with zero attached hydrogens (tertiary/aromatic N) is 2. The van der Waals surface area contributed by atoms with Gasteiger partial charge in [-0.25, -0.2) is 0 Å². The summed E-state index contributed by atoms with van der Waals surface area (Å²) >= 11 is 5.01. The second-order valence-corrected chi connectivity index (χ2v) is 6.44. The Bertz CT molecular complexity index is 571. The molecule has 2 aromatic rings. The molecular weight excluding hydrogens is 364 g/mol. The number of carbonyl (C=O) groups excluding carboxylic acids is 1. The Hall–Kier alpha value is -0.890. The smallest absolute Gasteiger partial charge is 0.242 e. The second-order valence-electron chi connectivity index (χ2n) is 4.15. The van der Waals surface area contributed by atoms with Gasteiger partial charge in [-0.05, 0) is 40.0 Å². The van der Waals surface area contributed by atoms with E-state index in [2.05, 4.69) is 31.7 Å². The Kier molecular flexibility index (Phi) is 6.67. The molecule has 8 heteroatoms. The van der Waals surface area contributed by atoms with Crippen LogP contribution in [0.4, 0.5) is 0 Å². The maximum Gasteiger partial charge on any atom is 0.242 e. The van der Waals surface area contributed by atoms with Crippen LogP contribution in [0.25, 0.3) is 0 Å². The van der Waals surface area contributed by atoms with Crippen molar-refractivity contribution >= 4 is 45.6 Å². The lowest BCUT2D eigenvalue weighted by molar-refractivity contribution is -0.123. The fourth-order valence-electron chi connectivity index (χ4n) is 1.77. The molecule has 1 unspecified atom stereocenters. The Labute approximate surface area is 136 Å². The maximum absolute atomic E-state index is 12.1. The number of hydrogen-bond donors (Lipinski definition) is 2. The lowest BCUT2D eigenvalue weighted by Gasteiger charge is -2.14. The molecule has 0 fully saturated rings. The molecule has 2 N–H and O–H groups in total. The van der Waals surface area contributed by atoms with Gasteiger partial charge >= 0.3 is 0 Å². The molecule has 0 bridgehead atoms. The normalized spacial score (nSPS) is 11.8. The molecule has 0 radical (unpaired) electrons. The summed E-state index contributed by atoms with van der Waals surface area (Å²) in [4.78, 5) is 12.1. The van der Waals surface area contributed by atoms with Crippen LogP contribution in [-0.4, -0.2) is 22.7 Å². The summed E-state index contributed by atoms with van der Waals surface area (Å²) in [5.41, 5.74) is 1.94. The molecule has 110 valence electrons. The van der Waals surface area contributed by atoms with E-state index < -0.39 is 0 Å². The van der Waals surface area contributed by atoms with E-state index in [1.807, 2.05) is 24.7 Å². The molecule has 0 saturated heterocycles. The highest BCUT2D eigenvalue weighted by atomic mass is 79.9. The average Bonchev–Trinajstić information content (AvgIpc) is 2.97. The molecule has 0 spiro atoms. The van der Waals surface area contributed by atoms with E-state index in [0.717, 1.165) is 14.9 Å².